The van der Waals surface area contributed by atoms with Gasteiger partial charge in [0.25, 0.3) is 0 Å². The number of unbranched alkanes of at least 4 members (excludes halogenated alkanes) is 1. The first kappa shape index (κ1) is 28.5. The topological polar surface area (TPSA) is 64.6 Å². The van der Waals surface area contributed by atoms with Gasteiger partial charge in [-0.2, -0.15) is 8.78 Å². The fraction of sp³-hybridized carbons (Fsp3) is 0.579. The third-order valence-electron chi connectivity index (χ3n) is 3.66. The zero-order valence-corrected chi connectivity index (χ0v) is 19.2. The molecule has 174 valence electrons. The summed E-state index contributed by atoms with van der Waals surface area (Å²) < 4.78 is 62.4. The first-order chi connectivity index (χ1) is 14.1. The number of ether oxygens (including phenoxy) is 1. The predicted molar refractivity (Wildman–Crippen MR) is 114 cm³/mol. The van der Waals surface area contributed by atoms with E-state index in [-0.39, 0.29) is 31.2 Å². The number of nitrogens with one attached hydrogen (secondary N) is 1. The minimum absolute atomic E-state index is 0.0222. The highest BCUT2D eigenvalue weighted by Crippen LogP contribution is 2.42. The Morgan fingerprint density at radius 2 is 1.53 bits per heavy atom. The van der Waals surface area contributed by atoms with Crippen molar-refractivity contribution in [1.82, 2.24) is 5.32 Å². The van der Waals surface area contributed by atoms with Gasteiger partial charge in [0.1, 0.15) is 0 Å². The maximum Gasteiger partial charge on any atom is 0.311 e. The van der Waals surface area contributed by atoms with Crippen molar-refractivity contribution in [3.8, 4) is 5.75 Å². The molecule has 0 aliphatic rings. The van der Waals surface area contributed by atoms with Crippen LogP contribution in [0.5, 0.6) is 5.75 Å². The highest BCUT2D eigenvalue weighted by atomic mass is 32.3. The summed E-state index contributed by atoms with van der Waals surface area (Å²) in [6, 6.07) is 0.0222. The summed E-state index contributed by atoms with van der Waals surface area (Å²) in [5, 5.41) is 2.73. The summed E-state index contributed by atoms with van der Waals surface area (Å²) in [4.78, 5) is 23.3. The van der Waals surface area contributed by atoms with Gasteiger partial charge in [-0.3, -0.25) is 13.2 Å². The summed E-state index contributed by atoms with van der Waals surface area (Å²) in [6.07, 6.45) is 5.08. The van der Waals surface area contributed by atoms with E-state index < -0.39 is 45.3 Å². The predicted octanol–water partition coefficient (Wildman–Crippen LogP) is 5.08. The summed E-state index contributed by atoms with van der Waals surface area (Å²) in [7, 11) is -1.22. The van der Waals surface area contributed by atoms with Crippen molar-refractivity contribution in [3.05, 3.63) is 29.3 Å². The number of hydrogen-bond donors (Lipinski definition) is 2. The van der Waals surface area contributed by atoms with Gasteiger partial charge in [-0.05, 0) is 44.7 Å². The molecule has 5 nitrogen and oxygen atoms in total. The Morgan fingerprint density at radius 1 is 1.00 bits per heavy atom. The normalized spacial score (nSPS) is 11.4. The molecule has 0 saturated carbocycles. The van der Waals surface area contributed by atoms with Gasteiger partial charge in [0, 0.05) is 31.2 Å². The van der Waals surface area contributed by atoms with Crippen LogP contribution in [-0.4, -0.2) is 36.7 Å². The van der Waals surface area contributed by atoms with Crippen molar-refractivity contribution in [1.29, 1.82) is 0 Å². The third-order valence-corrected chi connectivity index (χ3v) is 6.54. The fourth-order valence-corrected chi connectivity index (χ4v) is 3.27. The number of amides is 1. The van der Waals surface area contributed by atoms with E-state index in [0.717, 1.165) is 12.2 Å². The standard InChI is InChI=1S/C17H23F4NO4S2.C2H6/c1-28(2,26-27)9-5-8-22-13(23)6-3-4-7-14(24)25-17-15(20)11(18)10-12(19)16(17)21;1-2/h10,27H,3-9H2,1-2H3,(H,22,23);1-2H3. The Morgan fingerprint density at radius 3 is 2.07 bits per heavy atom. The maximum absolute atomic E-state index is 13.4. The van der Waals surface area contributed by atoms with Crippen LogP contribution in [0, 0.1) is 23.3 Å². The Labute approximate surface area is 182 Å². The van der Waals surface area contributed by atoms with Crippen molar-refractivity contribution >= 4 is 35.1 Å². The van der Waals surface area contributed by atoms with E-state index in [1.54, 1.807) is 0 Å². The Bertz CT molecular complexity index is 679. The zero-order valence-electron chi connectivity index (χ0n) is 17.5. The molecule has 0 aliphatic carbocycles. The molecule has 1 aromatic carbocycles. The van der Waals surface area contributed by atoms with Crippen LogP contribution in [0.25, 0.3) is 0 Å². The van der Waals surface area contributed by atoms with Gasteiger partial charge in [0.2, 0.25) is 23.3 Å². The molecule has 0 saturated heterocycles. The number of carbonyl (C=O) groups excluding carboxylic acids is 2. The number of halogens is 4. The SMILES string of the molecule is CC.CS(C)(CCCNC(=O)CCCCC(=O)Oc1c(F)c(F)cc(F)c1F)OS. The summed E-state index contributed by atoms with van der Waals surface area (Å²) in [5.41, 5.74) is 0. The molecular weight excluding hydrogens is 446 g/mol. The van der Waals surface area contributed by atoms with Gasteiger partial charge < -0.3 is 10.1 Å². The van der Waals surface area contributed by atoms with E-state index in [9.17, 15) is 27.2 Å². The van der Waals surface area contributed by atoms with Crippen LogP contribution < -0.4 is 10.1 Å². The molecule has 30 heavy (non-hydrogen) atoms. The highest BCUT2D eigenvalue weighted by molar-refractivity contribution is 8.31. The van der Waals surface area contributed by atoms with Crippen LogP contribution in [0.2, 0.25) is 0 Å². The average Bonchev–Trinajstić information content (AvgIpc) is 2.72. The number of rotatable bonds is 11. The molecule has 1 rings (SSSR count). The smallest absolute Gasteiger partial charge is 0.311 e. The molecule has 1 aromatic rings. The first-order valence-corrected chi connectivity index (χ1v) is 12.3. The number of esters is 1. The summed E-state index contributed by atoms with van der Waals surface area (Å²) in [6.45, 7) is 4.48. The van der Waals surface area contributed by atoms with E-state index in [0.29, 0.717) is 13.0 Å². The van der Waals surface area contributed by atoms with Gasteiger partial charge in [-0.1, -0.05) is 13.8 Å². The van der Waals surface area contributed by atoms with E-state index in [2.05, 4.69) is 23.0 Å². The lowest BCUT2D eigenvalue weighted by molar-refractivity contribution is -0.135. The molecule has 0 radical (unpaired) electrons. The summed E-state index contributed by atoms with van der Waals surface area (Å²) in [5.74, 6) is -8.75. The molecule has 0 aliphatic heterocycles. The van der Waals surface area contributed by atoms with Crippen molar-refractivity contribution < 1.29 is 35.5 Å². The first-order valence-electron chi connectivity index (χ1n) is 9.41. The van der Waals surface area contributed by atoms with Crippen LogP contribution in [0.15, 0.2) is 6.07 Å². The second kappa shape index (κ2) is 14.5. The fourth-order valence-electron chi connectivity index (χ4n) is 2.13. The zero-order chi connectivity index (χ0) is 23.3. The lowest BCUT2D eigenvalue weighted by Gasteiger charge is -2.27. The van der Waals surface area contributed by atoms with Gasteiger partial charge in [-0.15, -0.1) is 10.3 Å². The molecule has 0 atom stereocenters. The Kier molecular flexibility index (Phi) is 13.8. The molecule has 1 N–H and O–H groups in total. The van der Waals surface area contributed by atoms with Crippen LogP contribution >= 0.6 is 23.2 Å². The molecular formula is C19H29F4NO4S2. The second-order valence-corrected chi connectivity index (χ2v) is 10.3. The molecule has 0 bridgehead atoms. The molecule has 11 heteroatoms. The number of benzene rings is 1. The van der Waals surface area contributed by atoms with Crippen LogP contribution in [-0.2, 0) is 13.2 Å². The Hall–Kier alpha value is -1.46. The van der Waals surface area contributed by atoms with Gasteiger partial charge in [-0.25, -0.2) is 8.78 Å². The molecule has 0 unspecified atom stereocenters. The van der Waals surface area contributed by atoms with Crippen LogP contribution in [0.4, 0.5) is 17.6 Å². The molecule has 0 fully saturated rings. The quantitative estimate of drug-likeness (QED) is 0.0891. The van der Waals surface area contributed by atoms with Crippen molar-refractivity contribution in [2.75, 3.05) is 24.8 Å². The molecule has 0 heterocycles. The molecule has 0 spiro atoms. The van der Waals surface area contributed by atoms with Gasteiger partial charge in [0.05, 0.1) is 0 Å². The van der Waals surface area contributed by atoms with E-state index in [4.69, 9.17) is 3.63 Å². The summed E-state index contributed by atoms with van der Waals surface area (Å²) >= 11 is 3.80. The van der Waals surface area contributed by atoms with Gasteiger partial charge >= 0.3 is 5.97 Å². The Balaban J connectivity index is 0.00000407. The van der Waals surface area contributed by atoms with Crippen LogP contribution in [0.1, 0.15) is 46.0 Å². The minimum atomic E-state index is -1.78. The average molecular weight is 476 g/mol. The van der Waals surface area contributed by atoms with Crippen molar-refractivity contribution in [2.24, 2.45) is 0 Å². The van der Waals surface area contributed by atoms with Crippen molar-refractivity contribution in [3.63, 3.8) is 0 Å². The largest absolute Gasteiger partial charge is 0.420 e. The third kappa shape index (κ3) is 10.5. The lowest BCUT2D eigenvalue weighted by atomic mass is 10.2. The number of carbonyl (C=O) groups is 2. The number of hydrogen-bond acceptors (Lipinski definition) is 5. The molecule has 0 aromatic heterocycles. The molecule has 1 amide bonds. The second-order valence-electron chi connectivity index (χ2n) is 6.40. The number of thiol groups is 1. The van der Waals surface area contributed by atoms with E-state index in [1.807, 2.05) is 26.4 Å². The lowest BCUT2D eigenvalue weighted by Crippen LogP contribution is -2.25. The highest BCUT2D eigenvalue weighted by Gasteiger charge is 2.22. The van der Waals surface area contributed by atoms with Crippen molar-refractivity contribution in [2.45, 2.75) is 46.0 Å². The minimum Gasteiger partial charge on any atom is -0.420 e. The monoisotopic (exact) mass is 475 g/mol. The maximum atomic E-state index is 13.4. The van der Waals surface area contributed by atoms with Gasteiger partial charge in [0.15, 0.2) is 11.6 Å². The van der Waals surface area contributed by atoms with E-state index >= 15 is 0 Å². The van der Waals surface area contributed by atoms with E-state index in [1.165, 1.54) is 0 Å². The van der Waals surface area contributed by atoms with Crippen LogP contribution in [0.3, 0.4) is 0 Å².